The van der Waals surface area contributed by atoms with Crippen LogP contribution in [0.5, 0.6) is 0 Å². The summed E-state index contributed by atoms with van der Waals surface area (Å²) in [7, 11) is -0.831. The molecule has 1 unspecified atom stereocenters. The summed E-state index contributed by atoms with van der Waals surface area (Å²) in [5.74, 6) is -0.829. The van der Waals surface area contributed by atoms with Crippen molar-refractivity contribution in [3.63, 3.8) is 0 Å². The van der Waals surface area contributed by atoms with Gasteiger partial charge < -0.3 is 19.6 Å². The Morgan fingerprint density at radius 1 is 1.16 bits per heavy atom. The molecule has 1 atom stereocenters. The number of carbonyl (C=O) groups is 1. The van der Waals surface area contributed by atoms with Gasteiger partial charge in [-0.3, -0.25) is 9.00 Å². The number of hydrogen-bond donors (Lipinski definition) is 1. The van der Waals surface area contributed by atoms with Gasteiger partial charge >= 0.3 is 7.12 Å². The summed E-state index contributed by atoms with van der Waals surface area (Å²) in [6.07, 6.45) is 3.99. The third-order valence-electron chi connectivity index (χ3n) is 9.05. The molecule has 1 saturated carbocycles. The van der Waals surface area contributed by atoms with E-state index in [0.29, 0.717) is 44.8 Å². The fourth-order valence-electron chi connectivity index (χ4n) is 5.64. The fraction of sp³-hybridized carbons (Fsp3) is 0.375. The number of halogens is 2. The van der Waals surface area contributed by atoms with E-state index in [1.807, 2.05) is 33.8 Å². The van der Waals surface area contributed by atoms with Crippen LogP contribution in [0.25, 0.3) is 16.8 Å². The summed E-state index contributed by atoms with van der Waals surface area (Å²) < 4.78 is 54.9. The van der Waals surface area contributed by atoms with Gasteiger partial charge in [-0.15, -0.1) is 0 Å². The average Bonchev–Trinajstić information content (AvgIpc) is 3.69. The molecule has 1 aliphatic heterocycles. The number of aromatic nitrogens is 2. The Bertz CT molecular complexity index is 1800. The largest absolute Gasteiger partial charge is 0.760 e. The van der Waals surface area contributed by atoms with Crippen molar-refractivity contribution >= 4 is 46.9 Å². The van der Waals surface area contributed by atoms with Crippen LogP contribution in [0.15, 0.2) is 54.7 Å². The molecular formula is C32H34BClFN4O5S-. The van der Waals surface area contributed by atoms with E-state index in [1.54, 1.807) is 47.1 Å². The predicted octanol–water partition coefficient (Wildman–Crippen LogP) is 4.91. The van der Waals surface area contributed by atoms with Crippen LogP contribution in [0.2, 0.25) is 5.02 Å². The lowest BCUT2D eigenvalue weighted by Gasteiger charge is -2.32. The van der Waals surface area contributed by atoms with Crippen molar-refractivity contribution in [2.24, 2.45) is 5.73 Å². The second kappa shape index (κ2) is 11.9. The zero-order valence-electron chi connectivity index (χ0n) is 25.5. The highest BCUT2D eigenvalue weighted by atomic mass is 35.5. The summed E-state index contributed by atoms with van der Waals surface area (Å²) in [5.41, 5.74) is 9.27. The van der Waals surface area contributed by atoms with Crippen molar-refractivity contribution in [1.29, 1.82) is 0 Å². The number of hydrogen-bond acceptors (Lipinski definition) is 6. The molecule has 0 radical (unpaired) electrons. The van der Waals surface area contributed by atoms with Crippen molar-refractivity contribution < 1.29 is 27.3 Å². The molecule has 2 aliphatic rings. The highest BCUT2D eigenvalue weighted by Crippen LogP contribution is 2.43. The molecule has 0 bridgehead atoms. The first kappa shape index (κ1) is 31.8. The van der Waals surface area contributed by atoms with Crippen LogP contribution in [0.3, 0.4) is 0 Å². The van der Waals surface area contributed by atoms with E-state index in [1.165, 1.54) is 10.4 Å². The number of benzene rings is 2. The Morgan fingerprint density at radius 2 is 1.82 bits per heavy atom. The van der Waals surface area contributed by atoms with E-state index in [0.717, 1.165) is 24.0 Å². The van der Waals surface area contributed by atoms with Crippen molar-refractivity contribution in [1.82, 2.24) is 13.9 Å². The summed E-state index contributed by atoms with van der Waals surface area (Å²) in [5, 5.41) is 5.22. The van der Waals surface area contributed by atoms with Crippen molar-refractivity contribution in [2.75, 3.05) is 6.54 Å². The van der Waals surface area contributed by atoms with Gasteiger partial charge in [0.05, 0.1) is 22.3 Å². The van der Waals surface area contributed by atoms with Crippen LogP contribution in [0, 0.1) is 5.82 Å². The van der Waals surface area contributed by atoms with Crippen LogP contribution in [-0.2, 0) is 33.5 Å². The molecule has 4 aromatic rings. The quantitative estimate of drug-likeness (QED) is 0.192. The maximum absolute atomic E-state index is 15.2. The molecule has 2 aromatic carbocycles. The number of nitrogens with two attached hydrogens (primary N) is 1. The van der Waals surface area contributed by atoms with Crippen LogP contribution < -0.4 is 11.2 Å². The lowest BCUT2D eigenvalue weighted by molar-refractivity contribution is 0.00578. The standard InChI is InChI=1S/C32H35BClFN4O5S/c1-31(2)32(3,4)44-33(43-31)25-12-5-19(15-26(25)35)13-14-38(45(41)42)17-22-18-39-27(16-24(22)20-6-7-20)28(30(36)40)29(37-39)21-8-10-23(34)11-9-21/h5,8-12,15-16,18,20H,6-7,13-14,17H2,1-4H3,(H2,36,40)(H,41,42)/p-1. The van der Waals surface area contributed by atoms with Crippen molar-refractivity contribution in [2.45, 2.75) is 70.6 Å². The first-order valence-electron chi connectivity index (χ1n) is 14.8. The lowest BCUT2D eigenvalue weighted by Crippen LogP contribution is -2.41. The first-order chi connectivity index (χ1) is 21.2. The van der Waals surface area contributed by atoms with Gasteiger partial charge in [-0.1, -0.05) is 35.9 Å². The molecule has 0 spiro atoms. The molecule has 1 aliphatic carbocycles. The Kier molecular flexibility index (Phi) is 8.43. The summed E-state index contributed by atoms with van der Waals surface area (Å²) in [6.45, 7) is 7.86. The van der Waals surface area contributed by atoms with Gasteiger partial charge in [-0.25, -0.2) is 13.2 Å². The molecule has 6 rings (SSSR count). The highest BCUT2D eigenvalue weighted by molar-refractivity contribution is 7.76. The van der Waals surface area contributed by atoms with Gasteiger partial charge in [0, 0.05) is 46.6 Å². The molecule has 2 aromatic heterocycles. The van der Waals surface area contributed by atoms with Crippen LogP contribution in [0.4, 0.5) is 4.39 Å². The zero-order valence-corrected chi connectivity index (χ0v) is 27.1. The third kappa shape index (κ3) is 6.32. The minimum atomic E-state index is -2.55. The monoisotopic (exact) mass is 651 g/mol. The molecule has 1 amide bonds. The van der Waals surface area contributed by atoms with Gasteiger partial charge in [0.25, 0.3) is 5.91 Å². The number of pyridine rings is 1. The molecule has 236 valence electrons. The topological polar surface area (TPSA) is 122 Å². The van der Waals surface area contributed by atoms with Crippen molar-refractivity contribution in [3.8, 4) is 11.3 Å². The van der Waals surface area contributed by atoms with Gasteiger partial charge in [0.15, 0.2) is 0 Å². The highest BCUT2D eigenvalue weighted by Gasteiger charge is 2.52. The minimum absolute atomic E-state index is 0.0917. The fourth-order valence-corrected chi connectivity index (χ4v) is 6.25. The van der Waals surface area contributed by atoms with E-state index >= 15 is 4.39 Å². The molecule has 2 N–H and O–H groups in total. The van der Waals surface area contributed by atoms with Crippen molar-refractivity contribution in [3.05, 3.63) is 87.8 Å². The number of primary amides is 1. The molecule has 1 saturated heterocycles. The van der Waals surface area contributed by atoms with E-state index in [2.05, 4.69) is 5.10 Å². The maximum Gasteiger partial charge on any atom is 0.497 e. The summed E-state index contributed by atoms with van der Waals surface area (Å²) in [4.78, 5) is 12.6. The molecule has 3 heterocycles. The number of carbonyl (C=O) groups excluding carboxylic acids is 1. The number of amides is 1. The third-order valence-corrected chi connectivity index (χ3v) is 10.0. The van der Waals surface area contributed by atoms with Crippen LogP contribution in [0.1, 0.15) is 73.5 Å². The second-order valence-corrected chi connectivity index (χ2v) is 14.1. The molecule has 9 nitrogen and oxygen atoms in total. The predicted molar refractivity (Wildman–Crippen MR) is 171 cm³/mol. The summed E-state index contributed by atoms with van der Waals surface area (Å²) >= 11 is 3.51. The number of nitrogens with zero attached hydrogens (tertiary/aromatic N) is 3. The molecular weight excluding hydrogens is 618 g/mol. The Labute approximate surface area is 269 Å². The minimum Gasteiger partial charge on any atom is -0.760 e. The Morgan fingerprint density at radius 3 is 2.40 bits per heavy atom. The second-order valence-electron chi connectivity index (χ2n) is 12.7. The average molecular weight is 652 g/mol. The molecule has 2 fully saturated rings. The Balaban J connectivity index is 1.25. The number of rotatable bonds is 10. The van der Waals surface area contributed by atoms with E-state index in [4.69, 9.17) is 26.6 Å². The molecule has 45 heavy (non-hydrogen) atoms. The molecule has 13 heteroatoms. The summed E-state index contributed by atoms with van der Waals surface area (Å²) in [6, 6.07) is 13.7. The van der Waals surface area contributed by atoms with E-state index < -0.39 is 41.3 Å². The van der Waals surface area contributed by atoms with Crippen LogP contribution in [-0.4, -0.2) is 53.5 Å². The van der Waals surface area contributed by atoms with Gasteiger partial charge in [-0.05, 0) is 93.8 Å². The van der Waals surface area contributed by atoms with Gasteiger partial charge in [0.1, 0.15) is 11.5 Å². The first-order valence-corrected chi connectivity index (χ1v) is 16.2. The lowest BCUT2D eigenvalue weighted by atomic mass is 9.78. The van der Waals surface area contributed by atoms with Crippen LogP contribution >= 0.6 is 11.6 Å². The van der Waals surface area contributed by atoms with Gasteiger partial charge in [0.2, 0.25) is 0 Å². The van der Waals surface area contributed by atoms with E-state index in [-0.39, 0.29) is 19.0 Å². The van der Waals surface area contributed by atoms with Gasteiger partial charge in [-0.2, -0.15) is 5.10 Å². The normalized spacial score (nSPS) is 18.2. The smallest absolute Gasteiger partial charge is 0.497 e. The van der Waals surface area contributed by atoms with E-state index in [9.17, 15) is 13.6 Å². The maximum atomic E-state index is 15.2. The zero-order chi connectivity index (χ0) is 32.3. The SMILES string of the molecule is CC1(C)OB(c2ccc(CCN(Cc3cn4nc(-c5ccc(Cl)cc5)c(C(N)=O)c4cc3C3CC3)S(=O)[O-])cc2F)OC1(C)C. The number of fused-ring (bicyclic) bond motifs is 1. The Hall–Kier alpha value is -3.13.